The van der Waals surface area contributed by atoms with E-state index in [9.17, 15) is 14.7 Å². The lowest BCUT2D eigenvalue weighted by molar-refractivity contribution is -0.143. The van der Waals surface area contributed by atoms with Crippen molar-refractivity contribution in [1.29, 1.82) is 0 Å². The maximum Gasteiger partial charge on any atom is 0.303 e. The van der Waals surface area contributed by atoms with E-state index < -0.39 is 6.10 Å². The zero-order valence-electron chi connectivity index (χ0n) is 21.5. The van der Waals surface area contributed by atoms with Gasteiger partial charge >= 0.3 is 5.97 Å². The Bertz CT molecular complexity index is 758. The number of carbonyl (C=O) groups is 2. The molecule has 2 N–H and O–H groups in total. The molecular formula is C27H43NO6. The number of aliphatic hydroxyl groups is 1. The predicted octanol–water partition coefficient (Wildman–Crippen LogP) is 3.86. The van der Waals surface area contributed by atoms with Gasteiger partial charge in [0.1, 0.15) is 6.10 Å². The van der Waals surface area contributed by atoms with Gasteiger partial charge in [-0.3, -0.25) is 9.59 Å². The third-order valence-electron chi connectivity index (χ3n) is 6.70. The van der Waals surface area contributed by atoms with Crippen molar-refractivity contribution < 1.29 is 28.9 Å². The number of esters is 1. The van der Waals surface area contributed by atoms with Gasteiger partial charge in [-0.15, -0.1) is 0 Å². The molecule has 8 atom stereocenters. The number of allylic oxidation sites excluding steroid dienone is 2. The average molecular weight is 478 g/mol. The van der Waals surface area contributed by atoms with Crippen molar-refractivity contribution in [3.8, 4) is 0 Å². The Morgan fingerprint density at radius 3 is 2.59 bits per heavy atom. The van der Waals surface area contributed by atoms with Crippen LogP contribution in [-0.2, 0) is 23.8 Å². The number of hydrogen-bond donors (Lipinski definition) is 2. The molecule has 0 bridgehead atoms. The van der Waals surface area contributed by atoms with Crippen molar-refractivity contribution >= 4 is 11.9 Å². The zero-order chi connectivity index (χ0) is 25.3. The molecule has 0 aromatic rings. The molecule has 192 valence electrons. The van der Waals surface area contributed by atoms with Gasteiger partial charge in [0.2, 0.25) is 5.91 Å². The summed E-state index contributed by atoms with van der Waals surface area (Å²) in [5.74, 6) is 0.00589. The van der Waals surface area contributed by atoms with Gasteiger partial charge in [0.15, 0.2) is 0 Å². The van der Waals surface area contributed by atoms with Gasteiger partial charge in [-0.2, -0.15) is 0 Å². The highest BCUT2D eigenvalue weighted by Gasteiger charge is 2.33. The molecule has 2 heterocycles. The Kier molecular flexibility index (Phi) is 11.5. The quantitative estimate of drug-likeness (QED) is 0.298. The predicted molar refractivity (Wildman–Crippen MR) is 132 cm³/mol. The largest absolute Gasteiger partial charge is 0.459 e. The van der Waals surface area contributed by atoms with Gasteiger partial charge in [0.05, 0.1) is 30.5 Å². The fraction of sp³-hybridized carbons (Fsp3) is 0.704. The number of rotatable bonds is 9. The highest BCUT2D eigenvalue weighted by Crippen LogP contribution is 2.28. The van der Waals surface area contributed by atoms with E-state index in [4.69, 9.17) is 14.2 Å². The second-order valence-electron chi connectivity index (χ2n) is 9.86. The van der Waals surface area contributed by atoms with Gasteiger partial charge in [-0.25, -0.2) is 0 Å². The normalized spacial score (nSPS) is 32.5. The SMILES string of the molecule is CC(=O)O[C@@H](C)/C=C\C(=O)N[C@@H]1C[C@H](C)[C@H](C/C=C(C)/C=C/[C@@H]2CC(C(C)O)CCO2)O[C@@H]1C. The van der Waals surface area contributed by atoms with Gasteiger partial charge in [-0.05, 0) is 71.3 Å². The summed E-state index contributed by atoms with van der Waals surface area (Å²) in [5, 5.41) is 12.9. The number of aliphatic hydroxyl groups excluding tert-OH is 1. The van der Waals surface area contributed by atoms with E-state index in [1.54, 1.807) is 13.0 Å². The summed E-state index contributed by atoms with van der Waals surface area (Å²) in [6, 6.07) is -0.0669. The molecule has 0 aromatic heterocycles. The molecule has 2 rings (SSSR count). The number of hydrogen-bond acceptors (Lipinski definition) is 6. The molecule has 2 fully saturated rings. The van der Waals surface area contributed by atoms with Crippen LogP contribution in [0.3, 0.4) is 0 Å². The maximum absolute atomic E-state index is 12.3. The molecule has 2 saturated heterocycles. The molecule has 0 saturated carbocycles. The van der Waals surface area contributed by atoms with Crippen LogP contribution in [0.15, 0.2) is 36.0 Å². The molecule has 7 heteroatoms. The first kappa shape index (κ1) is 28.3. The monoisotopic (exact) mass is 477 g/mol. The minimum atomic E-state index is -0.444. The number of nitrogens with one attached hydrogen (secondary N) is 1. The fourth-order valence-electron chi connectivity index (χ4n) is 4.52. The molecule has 0 spiro atoms. The Hall–Kier alpha value is -1.96. The van der Waals surface area contributed by atoms with Crippen molar-refractivity contribution in [2.75, 3.05) is 6.61 Å². The summed E-state index contributed by atoms with van der Waals surface area (Å²) in [6.07, 6.45) is 12.1. The summed E-state index contributed by atoms with van der Waals surface area (Å²) in [7, 11) is 0. The molecule has 2 aliphatic rings. The summed E-state index contributed by atoms with van der Waals surface area (Å²) in [5.41, 5.74) is 1.16. The molecule has 2 unspecified atom stereocenters. The first-order valence-corrected chi connectivity index (χ1v) is 12.5. The van der Waals surface area contributed by atoms with Gasteiger partial charge in [-0.1, -0.05) is 30.7 Å². The molecule has 1 amide bonds. The van der Waals surface area contributed by atoms with Gasteiger partial charge in [0.25, 0.3) is 0 Å². The minimum absolute atomic E-state index is 0.0528. The Balaban J connectivity index is 1.81. The number of amides is 1. The lowest BCUT2D eigenvalue weighted by Gasteiger charge is -2.39. The van der Waals surface area contributed by atoms with Crippen LogP contribution >= 0.6 is 0 Å². The van der Waals surface area contributed by atoms with Crippen LogP contribution in [0.5, 0.6) is 0 Å². The molecule has 7 nitrogen and oxygen atoms in total. The highest BCUT2D eigenvalue weighted by molar-refractivity contribution is 5.87. The van der Waals surface area contributed by atoms with Crippen molar-refractivity contribution in [2.24, 2.45) is 11.8 Å². The standard InChI is InChI=1S/C27H43NO6/c1-17(7-10-24-16-23(20(4)29)13-14-32-24)8-11-26-18(2)15-25(21(5)34-26)28-27(31)12-9-19(3)33-22(6)30/h7-10,12,18-21,23-26,29H,11,13-16H2,1-6H3,(H,28,31)/b10-7+,12-9-,17-8+/t18-,19-,20?,21+,23?,24+,25+,26-/m0/s1. The first-order valence-electron chi connectivity index (χ1n) is 12.5. The second kappa shape index (κ2) is 13.8. The smallest absolute Gasteiger partial charge is 0.303 e. The summed E-state index contributed by atoms with van der Waals surface area (Å²) in [4.78, 5) is 23.2. The third kappa shape index (κ3) is 9.72. The number of ether oxygens (including phenoxy) is 3. The van der Waals surface area contributed by atoms with Crippen LogP contribution in [0.1, 0.15) is 67.2 Å². The van der Waals surface area contributed by atoms with E-state index in [0.29, 0.717) is 18.4 Å². The van der Waals surface area contributed by atoms with E-state index in [1.165, 1.54) is 13.0 Å². The maximum atomic E-state index is 12.3. The van der Waals surface area contributed by atoms with Crippen molar-refractivity contribution in [3.63, 3.8) is 0 Å². The molecule has 34 heavy (non-hydrogen) atoms. The first-order chi connectivity index (χ1) is 16.0. The van der Waals surface area contributed by atoms with Crippen LogP contribution in [0.25, 0.3) is 0 Å². The van der Waals surface area contributed by atoms with Crippen molar-refractivity contribution in [3.05, 3.63) is 36.0 Å². The van der Waals surface area contributed by atoms with Gasteiger partial charge in [0, 0.05) is 19.6 Å². The summed E-state index contributed by atoms with van der Waals surface area (Å²) in [6.45, 7) is 11.8. The third-order valence-corrected chi connectivity index (χ3v) is 6.70. The van der Waals surface area contributed by atoms with E-state index in [0.717, 1.165) is 31.3 Å². The van der Waals surface area contributed by atoms with E-state index in [2.05, 4.69) is 37.4 Å². The van der Waals surface area contributed by atoms with Crippen LogP contribution in [-0.4, -0.2) is 60.2 Å². The average Bonchev–Trinajstić information content (AvgIpc) is 2.77. The van der Waals surface area contributed by atoms with E-state index >= 15 is 0 Å². The molecular weight excluding hydrogens is 434 g/mol. The van der Waals surface area contributed by atoms with E-state index in [1.807, 2.05) is 13.8 Å². The van der Waals surface area contributed by atoms with E-state index in [-0.39, 0.29) is 42.3 Å². The van der Waals surface area contributed by atoms with Crippen LogP contribution in [0.2, 0.25) is 0 Å². The van der Waals surface area contributed by atoms with Crippen molar-refractivity contribution in [2.45, 2.75) is 104 Å². The van der Waals surface area contributed by atoms with Crippen LogP contribution in [0.4, 0.5) is 0 Å². The topological polar surface area (TPSA) is 94.1 Å². The lowest BCUT2D eigenvalue weighted by Crippen LogP contribution is -2.50. The second-order valence-corrected chi connectivity index (χ2v) is 9.86. The molecule has 0 radical (unpaired) electrons. The lowest BCUT2D eigenvalue weighted by atomic mass is 9.88. The molecule has 2 aliphatic heterocycles. The van der Waals surface area contributed by atoms with Crippen LogP contribution in [0, 0.1) is 11.8 Å². The zero-order valence-corrected chi connectivity index (χ0v) is 21.5. The molecule has 0 aromatic carbocycles. The number of carbonyl (C=O) groups excluding carboxylic acids is 2. The molecule has 0 aliphatic carbocycles. The van der Waals surface area contributed by atoms with Gasteiger partial charge < -0.3 is 24.6 Å². The van der Waals surface area contributed by atoms with Crippen LogP contribution < -0.4 is 5.32 Å². The minimum Gasteiger partial charge on any atom is -0.459 e. The Morgan fingerprint density at radius 2 is 1.91 bits per heavy atom. The Labute approximate surface area is 204 Å². The summed E-state index contributed by atoms with van der Waals surface area (Å²) < 4.78 is 17.1. The fourth-order valence-corrected chi connectivity index (χ4v) is 4.52. The highest BCUT2D eigenvalue weighted by atomic mass is 16.5. The van der Waals surface area contributed by atoms with Crippen molar-refractivity contribution in [1.82, 2.24) is 5.32 Å². The summed E-state index contributed by atoms with van der Waals surface area (Å²) >= 11 is 0. The Morgan fingerprint density at radius 1 is 1.18 bits per heavy atom.